The lowest BCUT2D eigenvalue weighted by Gasteiger charge is -2.20. The molecule has 110 valence electrons. The number of aryl methyl sites for hydroxylation is 2. The lowest BCUT2D eigenvalue weighted by Crippen LogP contribution is -2.06. The molecule has 1 heterocycles. The Hall–Kier alpha value is -2.95. The Balaban J connectivity index is 2.02. The highest BCUT2D eigenvalue weighted by Gasteiger charge is 2.21. The second-order valence-corrected chi connectivity index (χ2v) is 5.53. The third-order valence-corrected chi connectivity index (χ3v) is 4.11. The molecule has 1 aliphatic rings. The predicted octanol–water partition coefficient (Wildman–Crippen LogP) is 2.82. The number of hydrogen-bond donors (Lipinski definition) is 4. The van der Waals surface area contributed by atoms with E-state index in [-0.39, 0.29) is 23.0 Å². The van der Waals surface area contributed by atoms with Gasteiger partial charge in [-0.15, -0.1) is 0 Å². The average Bonchev–Trinajstić information content (AvgIpc) is 2.48. The van der Waals surface area contributed by atoms with Crippen LogP contribution in [0.2, 0.25) is 0 Å². The SMILES string of the molecule is Oc1cc2c(cc1O)-c1nc3cc(O)c(O)cc3cc1CC2. The number of benzene rings is 2. The zero-order valence-electron chi connectivity index (χ0n) is 11.5. The first kappa shape index (κ1) is 12.8. The van der Waals surface area contributed by atoms with Gasteiger partial charge in [0.05, 0.1) is 11.2 Å². The monoisotopic (exact) mass is 295 g/mol. The van der Waals surface area contributed by atoms with Gasteiger partial charge in [-0.1, -0.05) is 0 Å². The van der Waals surface area contributed by atoms with Crippen LogP contribution in [0.15, 0.2) is 30.3 Å². The maximum atomic E-state index is 9.74. The van der Waals surface area contributed by atoms with Crippen LogP contribution in [0.3, 0.4) is 0 Å². The van der Waals surface area contributed by atoms with Crippen molar-refractivity contribution in [2.24, 2.45) is 0 Å². The van der Waals surface area contributed by atoms with Gasteiger partial charge in [0.2, 0.25) is 0 Å². The first-order valence-corrected chi connectivity index (χ1v) is 6.94. The molecule has 0 fully saturated rings. The number of phenolic OH excluding ortho intramolecular Hbond substituents is 4. The van der Waals surface area contributed by atoms with Crippen molar-refractivity contribution in [1.82, 2.24) is 4.98 Å². The van der Waals surface area contributed by atoms with Crippen LogP contribution in [0.4, 0.5) is 0 Å². The molecule has 5 heteroatoms. The van der Waals surface area contributed by atoms with E-state index in [9.17, 15) is 20.4 Å². The van der Waals surface area contributed by atoms with Crippen LogP contribution in [0.25, 0.3) is 22.2 Å². The molecule has 0 unspecified atom stereocenters. The van der Waals surface area contributed by atoms with Crippen molar-refractivity contribution in [1.29, 1.82) is 0 Å². The fraction of sp³-hybridized carbons (Fsp3) is 0.118. The maximum Gasteiger partial charge on any atom is 0.159 e. The van der Waals surface area contributed by atoms with Gasteiger partial charge in [0.15, 0.2) is 23.0 Å². The summed E-state index contributed by atoms with van der Waals surface area (Å²) in [7, 11) is 0. The summed E-state index contributed by atoms with van der Waals surface area (Å²) >= 11 is 0. The third-order valence-electron chi connectivity index (χ3n) is 4.11. The summed E-state index contributed by atoms with van der Waals surface area (Å²) in [5.41, 5.74) is 4.02. The molecule has 5 nitrogen and oxygen atoms in total. The molecule has 0 atom stereocenters. The molecule has 0 aliphatic heterocycles. The molecule has 0 bridgehead atoms. The molecular weight excluding hydrogens is 282 g/mol. The first-order valence-electron chi connectivity index (χ1n) is 6.94. The number of aromatic hydroxyl groups is 4. The molecule has 1 aromatic heterocycles. The van der Waals surface area contributed by atoms with Gasteiger partial charge in [0, 0.05) is 17.0 Å². The van der Waals surface area contributed by atoms with Crippen LogP contribution in [0.5, 0.6) is 23.0 Å². The highest BCUT2D eigenvalue weighted by atomic mass is 16.3. The van der Waals surface area contributed by atoms with Crippen molar-refractivity contribution in [2.75, 3.05) is 0 Å². The average molecular weight is 295 g/mol. The molecule has 2 aromatic carbocycles. The Morgan fingerprint density at radius 2 is 1.32 bits per heavy atom. The number of nitrogens with zero attached hydrogens (tertiary/aromatic N) is 1. The van der Waals surface area contributed by atoms with E-state index in [1.54, 1.807) is 6.07 Å². The Bertz CT molecular complexity index is 934. The molecule has 3 aromatic rings. The molecule has 4 N–H and O–H groups in total. The molecule has 0 radical (unpaired) electrons. The van der Waals surface area contributed by atoms with Gasteiger partial charge in [-0.2, -0.15) is 0 Å². The normalized spacial score (nSPS) is 12.9. The number of pyridine rings is 1. The van der Waals surface area contributed by atoms with Gasteiger partial charge in [-0.25, -0.2) is 4.98 Å². The smallest absolute Gasteiger partial charge is 0.159 e. The zero-order chi connectivity index (χ0) is 15.4. The number of phenols is 4. The van der Waals surface area contributed by atoms with Crippen molar-refractivity contribution >= 4 is 10.9 Å². The number of rotatable bonds is 0. The van der Waals surface area contributed by atoms with Crippen LogP contribution in [-0.2, 0) is 12.8 Å². The van der Waals surface area contributed by atoms with E-state index < -0.39 is 0 Å². The van der Waals surface area contributed by atoms with Crippen LogP contribution < -0.4 is 0 Å². The molecule has 0 amide bonds. The largest absolute Gasteiger partial charge is 0.504 e. The number of fused-ring (bicyclic) bond motifs is 4. The first-order chi connectivity index (χ1) is 10.5. The van der Waals surface area contributed by atoms with E-state index in [1.165, 1.54) is 18.2 Å². The number of hydrogen-bond acceptors (Lipinski definition) is 5. The highest BCUT2D eigenvalue weighted by Crippen LogP contribution is 2.40. The van der Waals surface area contributed by atoms with E-state index >= 15 is 0 Å². The second-order valence-electron chi connectivity index (χ2n) is 5.53. The summed E-state index contributed by atoms with van der Waals surface area (Å²) in [5, 5.41) is 39.4. The fourth-order valence-electron chi connectivity index (χ4n) is 2.98. The van der Waals surface area contributed by atoms with E-state index in [2.05, 4.69) is 4.98 Å². The standard InChI is InChI=1S/C17H13NO4/c19-13-4-8-1-2-9-3-10-5-14(20)16(22)7-12(10)18-17(9)11(8)6-15(13)21/h3-7,19-22H,1-2H2. The van der Waals surface area contributed by atoms with Gasteiger partial charge in [0.1, 0.15) is 0 Å². The van der Waals surface area contributed by atoms with Crippen molar-refractivity contribution in [2.45, 2.75) is 12.8 Å². The summed E-state index contributed by atoms with van der Waals surface area (Å²) in [5.74, 6) is -0.704. The van der Waals surface area contributed by atoms with Crippen molar-refractivity contribution in [3.8, 4) is 34.3 Å². The minimum atomic E-state index is -0.218. The number of aromatic nitrogens is 1. The molecule has 1 aliphatic carbocycles. The van der Waals surface area contributed by atoms with Crippen LogP contribution in [0.1, 0.15) is 11.1 Å². The lowest BCUT2D eigenvalue weighted by atomic mass is 9.88. The lowest BCUT2D eigenvalue weighted by molar-refractivity contribution is 0.403. The maximum absolute atomic E-state index is 9.74. The van der Waals surface area contributed by atoms with Crippen molar-refractivity contribution < 1.29 is 20.4 Å². The highest BCUT2D eigenvalue weighted by molar-refractivity contribution is 5.87. The van der Waals surface area contributed by atoms with Crippen LogP contribution >= 0.6 is 0 Å². The Labute approximate surface area is 125 Å². The molecule has 4 rings (SSSR count). The van der Waals surface area contributed by atoms with Crippen molar-refractivity contribution in [3.63, 3.8) is 0 Å². The minimum Gasteiger partial charge on any atom is -0.504 e. The Morgan fingerprint density at radius 3 is 2.14 bits per heavy atom. The Morgan fingerprint density at radius 1 is 0.682 bits per heavy atom. The summed E-state index contributed by atoms with van der Waals surface area (Å²) in [6.07, 6.45) is 1.50. The van der Waals surface area contributed by atoms with Crippen molar-refractivity contribution in [3.05, 3.63) is 41.5 Å². The molecule has 0 saturated carbocycles. The Kier molecular flexibility index (Phi) is 2.48. The summed E-state index contributed by atoms with van der Waals surface area (Å²) < 4.78 is 0. The van der Waals surface area contributed by atoms with E-state index in [4.69, 9.17) is 0 Å². The van der Waals surface area contributed by atoms with Gasteiger partial charge >= 0.3 is 0 Å². The topological polar surface area (TPSA) is 93.8 Å². The van der Waals surface area contributed by atoms with Gasteiger partial charge in [-0.05, 0) is 48.2 Å². The second kappa shape index (κ2) is 4.27. The molecule has 0 saturated heterocycles. The quantitative estimate of drug-likeness (QED) is 0.478. The van der Waals surface area contributed by atoms with Gasteiger partial charge in [-0.3, -0.25) is 0 Å². The summed E-state index contributed by atoms with van der Waals surface area (Å²) in [6.45, 7) is 0. The van der Waals surface area contributed by atoms with E-state index in [0.717, 1.165) is 40.6 Å². The summed E-state index contributed by atoms with van der Waals surface area (Å²) in [4.78, 5) is 4.57. The van der Waals surface area contributed by atoms with Gasteiger partial charge < -0.3 is 20.4 Å². The predicted molar refractivity (Wildman–Crippen MR) is 81.2 cm³/mol. The molecular formula is C17H13NO4. The fourth-order valence-corrected chi connectivity index (χ4v) is 2.98. The minimum absolute atomic E-state index is 0.134. The van der Waals surface area contributed by atoms with E-state index in [0.29, 0.717) is 5.52 Å². The van der Waals surface area contributed by atoms with Crippen LogP contribution in [0, 0.1) is 0 Å². The zero-order valence-corrected chi connectivity index (χ0v) is 11.5. The third kappa shape index (κ3) is 1.75. The molecule has 22 heavy (non-hydrogen) atoms. The van der Waals surface area contributed by atoms with E-state index in [1.807, 2.05) is 6.07 Å². The van der Waals surface area contributed by atoms with Crippen LogP contribution in [-0.4, -0.2) is 25.4 Å². The molecule has 0 spiro atoms. The summed E-state index contributed by atoms with van der Waals surface area (Å²) in [6, 6.07) is 7.92. The van der Waals surface area contributed by atoms with Gasteiger partial charge in [0.25, 0.3) is 0 Å².